The van der Waals surface area contributed by atoms with E-state index in [0.29, 0.717) is 0 Å². The molecule has 1 rings (SSSR count). The monoisotopic (exact) mass is 324 g/mol. The van der Waals surface area contributed by atoms with Crippen LogP contribution in [0.25, 0.3) is 0 Å². The molecule has 2 atom stereocenters. The molecule has 0 bridgehead atoms. The number of nitrogens with zero attached hydrogens (tertiary/aromatic N) is 1. The molecule has 1 aromatic rings. The van der Waals surface area contributed by atoms with E-state index in [1.54, 1.807) is 6.07 Å². The van der Waals surface area contributed by atoms with Gasteiger partial charge in [0.05, 0.1) is 4.92 Å². The molecule has 0 aliphatic rings. The van der Waals surface area contributed by atoms with Crippen molar-refractivity contribution in [3.63, 3.8) is 0 Å². The number of nitro benzene ring substituents is 1. The highest BCUT2D eigenvalue weighted by Gasteiger charge is 2.27. The summed E-state index contributed by atoms with van der Waals surface area (Å²) in [6.45, 7) is 3.64. The van der Waals surface area contributed by atoms with Crippen LogP contribution in [0.5, 0.6) is 0 Å². The summed E-state index contributed by atoms with van der Waals surface area (Å²) in [5.41, 5.74) is -0.0146. The van der Waals surface area contributed by atoms with Gasteiger partial charge in [0.15, 0.2) is 0 Å². The van der Waals surface area contributed by atoms with Gasteiger partial charge in [-0.25, -0.2) is 4.79 Å². The summed E-state index contributed by atoms with van der Waals surface area (Å²) in [6.07, 6.45) is -1.36. The highest BCUT2D eigenvalue weighted by Crippen LogP contribution is 2.19. The maximum absolute atomic E-state index is 11.8. The number of carbonyl (C=O) groups is 2. The fourth-order valence-electron chi connectivity index (χ4n) is 2.10. The zero-order valence-corrected chi connectivity index (χ0v) is 12.9. The van der Waals surface area contributed by atoms with E-state index >= 15 is 0 Å². The summed E-state index contributed by atoms with van der Waals surface area (Å²) in [5.74, 6) is -2.06. The second kappa shape index (κ2) is 8.23. The van der Waals surface area contributed by atoms with Gasteiger partial charge in [-0.05, 0) is 12.3 Å². The van der Waals surface area contributed by atoms with Crippen LogP contribution in [0.4, 0.5) is 5.69 Å². The standard InChI is InChI=1S/C15H20N2O6/c1-9(2)7-13(18)14(19)16-11(15(20)21)8-10-5-3-4-6-12(10)17(22)23/h3-6,9,11,13,18H,7-8H2,1-2H3,(H,16,19)(H,20,21)/t11-,13-/m0/s1. The summed E-state index contributed by atoms with van der Waals surface area (Å²) in [6, 6.07) is 4.37. The van der Waals surface area contributed by atoms with Crippen molar-refractivity contribution in [2.24, 2.45) is 5.92 Å². The van der Waals surface area contributed by atoms with E-state index in [9.17, 15) is 29.9 Å². The van der Waals surface area contributed by atoms with Gasteiger partial charge >= 0.3 is 5.97 Å². The lowest BCUT2D eigenvalue weighted by molar-refractivity contribution is -0.385. The van der Waals surface area contributed by atoms with Crippen LogP contribution in [0.3, 0.4) is 0 Å². The van der Waals surface area contributed by atoms with Gasteiger partial charge in [-0.15, -0.1) is 0 Å². The molecule has 0 radical (unpaired) electrons. The molecule has 0 aromatic heterocycles. The van der Waals surface area contributed by atoms with E-state index in [1.807, 2.05) is 13.8 Å². The highest BCUT2D eigenvalue weighted by atomic mass is 16.6. The summed E-state index contributed by atoms with van der Waals surface area (Å²) in [4.78, 5) is 33.5. The largest absolute Gasteiger partial charge is 0.480 e. The molecule has 3 N–H and O–H groups in total. The molecule has 8 nitrogen and oxygen atoms in total. The number of aliphatic hydroxyl groups excluding tert-OH is 1. The minimum Gasteiger partial charge on any atom is -0.480 e. The van der Waals surface area contributed by atoms with Gasteiger partial charge in [0.25, 0.3) is 5.69 Å². The molecule has 0 aliphatic heterocycles. The number of nitrogens with one attached hydrogen (secondary N) is 1. The number of aliphatic carboxylic acids is 1. The molecule has 0 fully saturated rings. The number of hydrogen-bond acceptors (Lipinski definition) is 5. The second-order valence-corrected chi connectivity index (χ2v) is 5.63. The van der Waals surface area contributed by atoms with Gasteiger partial charge < -0.3 is 15.5 Å². The minimum atomic E-state index is -1.36. The van der Waals surface area contributed by atoms with Crippen molar-refractivity contribution in [3.8, 4) is 0 Å². The Kier molecular flexibility index (Phi) is 6.65. The Morgan fingerprint density at radius 3 is 2.43 bits per heavy atom. The van der Waals surface area contributed by atoms with Crippen LogP contribution in [0.15, 0.2) is 24.3 Å². The van der Waals surface area contributed by atoms with Crippen LogP contribution in [0, 0.1) is 16.0 Å². The van der Waals surface area contributed by atoms with Crippen LogP contribution in [0.2, 0.25) is 0 Å². The molecule has 0 heterocycles. The molecule has 23 heavy (non-hydrogen) atoms. The van der Waals surface area contributed by atoms with Crippen molar-refractivity contribution in [1.82, 2.24) is 5.32 Å². The lowest BCUT2D eigenvalue weighted by Gasteiger charge is -2.18. The van der Waals surface area contributed by atoms with Crippen molar-refractivity contribution < 1.29 is 24.7 Å². The van der Waals surface area contributed by atoms with E-state index in [-0.39, 0.29) is 30.0 Å². The van der Waals surface area contributed by atoms with Crippen LogP contribution in [-0.4, -0.2) is 39.2 Å². The van der Waals surface area contributed by atoms with Crippen LogP contribution in [0.1, 0.15) is 25.8 Å². The Morgan fingerprint density at radius 2 is 1.91 bits per heavy atom. The molecule has 0 saturated heterocycles. The Hall–Kier alpha value is -2.48. The number of aliphatic hydroxyl groups is 1. The molecule has 0 aliphatic carbocycles. The summed E-state index contributed by atoms with van der Waals surface area (Å²) in [5, 5.41) is 32.1. The van der Waals surface area contributed by atoms with Gasteiger partial charge in [-0.3, -0.25) is 14.9 Å². The van der Waals surface area contributed by atoms with E-state index in [2.05, 4.69) is 5.32 Å². The third-order valence-corrected chi connectivity index (χ3v) is 3.22. The molecule has 8 heteroatoms. The van der Waals surface area contributed by atoms with Crippen molar-refractivity contribution in [2.45, 2.75) is 38.8 Å². The lowest BCUT2D eigenvalue weighted by Crippen LogP contribution is -2.47. The van der Waals surface area contributed by atoms with E-state index in [0.717, 1.165) is 0 Å². The third kappa shape index (κ3) is 5.67. The van der Waals surface area contributed by atoms with Gasteiger partial charge in [-0.1, -0.05) is 32.0 Å². The van der Waals surface area contributed by atoms with E-state index < -0.39 is 28.9 Å². The molecular formula is C15H20N2O6. The van der Waals surface area contributed by atoms with Crippen molar-refractivity contribution in [3.05, 3.63) is 39.9 Å². The fourth-order valence-corrected chi connectivity index (χ4v) is 2.10. The smallest absolute Gasteiger partial charge is 0.326 e. The zero-order valence-electron chi connectivity index (χ0n) is 12.9. The number of amides is 1. The molecule has 126 valence electrons. The lowest BCUT2D eigenvalue weighted by atomic mass is 10.0. The summed E-state index contributed by atoms with van der Waals surface area (Å²) < 4.78 is 0. The highest BCUT2D eigenvalue weighted by molar-refractivity contribution is 5.86. The maximum Gasteiger partial charge on any atom is 0.326 e. The topological polar surface area (TPSA) is 130 Å². The number of rotatable bonds is 8. The molecule has 0 unspecified atom stereocenters. The SMILES string of the molecule is CC(C)C[C@H](O)C(=O)N[C@@H](Cc1ccccc1[N+](=O)[O-])C(=O)O. The average molecular weight is 324 g/mol. The zero-order chi connectivity index (χ0) is 17.6. The third-order valence-electron chi connectivity index (χ3n) is 3.22. The number of carboxylic acid groups (broad SMARTS) is 1. The molecular weight excluding hydrogens is 304 g/mol. The first-order chi connectivity index (χ1) is 10.7. The fraction of sp³-hybridized carbons (Fsp3) is 0.467. The quantitative estimate of drug-likeness (QED) is 0.485. The first-order valence-corrected chi connectivity index (χ1v) is 7.16. The molecule has 0 spiro atoms. The predicted octanol–water partition coefficient (Wildman–Crippen LogP) is 1.11. The molecule has 0 saturated carbocycles. The Bertz CT molecular complexity index is 587. The summed E-state index contributed by atoms with van der Waals surface area (Å²) in [7, 11) is 0. The van der Waals surface area contributed by atoms with Crippen molar-refractivity contribution in [1.29, 1.82) is 0 Å². The van der Waals surface area contributed by atoms with E-state index in [4.69, 9.17) is 0 Å². The van der Waals surface area contributed by atoms with Gasteiger partial charge in [0.2, 0.25) is 5.91 Å². The normalized spacial score (nSPS) is 13.4. The Morgan fingerprint density at radius 1 is 1.30 bits per heavy atom. The molecule has 1 amide bonds. The van der Waals surface area contributed by atoms with Crippen molar-refractivity contribution in [2.75, 3.05) is 0 Å². The van der Waals surface area contributed by atoms with E-state index in [1.165, 1.54) is 18.2 Å². The Labute approximate surface area is 133 Å². The number of hydrogen-bond donors (Lipinski definition) is 3. The predicted molar refractivity (Wildman–Crippen MR) is 81.8 cm³/mol. The number of para-hydroxylation sites is 1. The average Bonchev–Trinajstić information content (AvgIpc) is 2.45. The van der Waals surface area contributed by atoms with Crippen LogP contribution >= 0.6 is 0 Å². The number of nitro groups is 1. The van der Waals surface area contributed by atoms with Crippen LogP contribution < -0.4 is 5.32 Å². The van der Waals surface area contributed by atoms with Gasteiger partial charge in [0.1, 0.15) is 12.1 Å². The minimum absolute atomic E-state index is 0.0641. The number of carboxylic acids is 1. The van der Waals surface area contributed by atoms with Gasteiger partial charge in [-0.2, -0.15) is 0 Å². The Balaban J connectivity index is 2.87. The maximum atomic E-state index is 11.8. The first kappa shape index (κ1) is 18.6. The molecule has 1 aromatic carbocycles. The van der Waals surface area contributed by atoms with Gasteiger partial charge in [0, 0.05) is 18.1 Å². The number of carbonyl (C=O) groups excluding carboxylic acids is 1. The van der Waals surface area contributed by atoms with Crippen molar-refractivity contribution >= 4 is 17.6 Å². The van der Waals surface area contributed by atoms with Crippen LogP contribution in [-0.2, 0) is 16.0 Å². The second-order valence-electron chi connectivity index (χ2n) is 5.63. The number of benzene rings is 1. The first-order valence-electron chi connectivity index (χ1n) is 7.16. The summed E-state index contributed by atoms with van der Waals surface area (Å²) >= 11 is 0.